The van der Waals surface area contributed by atoms with Gasteiger partial charge in [0, 0.05) is 18.8 Å². The quantitative estimate of drug-likeness (QED) is 0.843. The van der Waals surface area contributed by atoms with E-state index in [9.17, 15) is 8.42 Å². The van der Waals surface area contributed by atoms with E-state index in [2.05, 4.69) is 18.7 Å². The fourth-order valence-electron chi connectivity index (χ4n) is 1.49. The number of benzene rings is 1. The molecule has 7 heteroatoms. The minimum absolute atomic E-state index is 0.132. The molecule has 0 unspecified atom stereocenters. The maximum atomic E-state index is 11.1. The highest BCUT2D eigenvalue weighted by Crippen LogP contribution is 2.18. The van der Waals surface area contributed by atoms with Crippen molar-refractivity contribution < 1.29 is 8.42 Å². The van der Waals surface area contributed by atoms with Crippen LogP contribution in [-0.2, 0) is 15.8 Å². The summed E-state index contributed by atoms with van der Waals surface area (Å²) >= 11 is 6.91. The van der Waals surface area contributed by atoms with Gasteiger partial charge in [-0.3, -0.25) is 0 Å². The van der Waals surface area contributed by atoms with Crippen molar-refractivity contribution in [2.45, 2.75) is 24.5 Å². The van der Waals surface area contributed by atoms with E-state index in [0.29, 0.717) is 0 Å². The number of hydrogen-bond acceptors (Lipinski definition) is 4. The van der Waals surface area contributed by atoms with Gasteiger partial charge in [-0.05, 0) is 31.5 Å². The maximum Gasteiger partial charge on any atom is 0.238 e. The Morgan fingerprint density at radius 1 is 1.26 bits per heavy atom. The predicted molar refractivity (Wildman–Crippen MR) is 84.6 cm³/mol. The Balaban J connectivity index is 2.62. The minimum Gasteiger partial charge on any atom is -0.358 e. The topological polar surface area (TPSA) is 63.4 Å². The maximum absolute atomic E-state index is 11.1. The van der Waals surface area contributed by atoms with Crippen LogP contribution in [0, 0.1) is 0 Å². The lowest BCUT2D eigenvalue weighted by Crippen LogP contribution is -2.26. The fraction of sp³-hybridized carbons (Fsp3) is 0.417. The molecule has 2 N–H and O–H groups in total. The van der Waals surface area contributed by atoms with Crippen molar-refractivity contribution in [3.05, 3.63) is 29.8 Å². The van der Waals surface area contributed by atoms with Crippen LogP contribution in [0.15, 0.2) is 29.2 Å². The highest BCUT2D eigenvalue weighted by molar-refractivity contribution is 8.22. The van der Waals surface area contributed by atoms with Crippen LogP contribution in [0.5, 0.6) is 0 Å². The number of nitrogens with zero attached hydrogens (tertiary/aromatic N) is 1. The smallest absolute Gasteiger partial charge is 0.238 e. The summed E-state index contributed by atoms with van der Waals surface area (Å²) in [6.07, 6.45) is 0. The molecular weight excluding hydrogens is 300 g/mol. The SMILES string of the molecule is CCN(CC)C(=S)SCc1ccc(S(N)(=O)=O)cc1. The summed E-state index contributed by atoms with van der Waals surface area (Å²) in [5, 5.41) is 5.04. The van der Waals surface area contributed by atoms with E-state index in [1.165, 1.54) is 12.1 Å². The van der Waals surface area contributed by atoms with Gasteiger partial charge in [-0.15, -0.1) is 0 Å². The van der Waals surface area contributed by atoms with Crippen LogP contribution in [0.1, 0.15) is 19.4 Å². The molecule has 1 aromatic carbocycles. The molecule has 0 aliphatic carbocycles. The summed E-state index contributed by atoms with van der Waals surface area (Å²) in [6, 6.07) is 6.56. The highest BCUT2D eigenvalue weighted by atomic mass is 32.2. The molecule has 0 aromatic heterocycles. The second-order valence-electron chi connectivity index (χ2n) is 3.92. The Kier molecular flexibility index (Phi) is 6.25. The van der Waals surface area contributed by atoms with Crippen molar-refractivity contribution in [1.82, 2.24) is 4.90 Å². The number of thiocarbonyl (C=S) groups is 1. The van der Waals surface area contributed by atoms with Gasteiger partial charge in [-0.2, -0.15) is 0 Å². The molecule has 0 amide bonds. The molecule has 0 spiro atoms. The summed E-state index contributed by atoms with van der Waals surface area (Å²) in [7, 11) is -3.61. The molecule has 0 aliphatic heterocycles. The summed E-state index contributed by atoms with van der Waals surface area (Å²) in [6.45, 7) is 5.92. The Morgan fingerprint density at radius 3 is 2.21 bits per heavy atom. The first-order chi connectivity index (χ1) is 8.88. The summed E-state index contributed by atoms with van der Waals surface area (Å²) in [5.41, 5.74) is 1.02. The molecular formula is C12H18N2O2S3. The Morgan fingerprint density at radius 2 is 1.79 bits per heavy atom. The van der Waals surface area contributed by atoms with Crippen molar-refractivity contribution in [2.24, 2.45) is 5.14 Å². The molecule has 4 nitrogen and oxygen atoms in total. The lowest BCUT2D eigenvalue weighted by molar-refractivity contribution is 0.482. The average Bonchev–Trinajstić information content (AvgIpc) is 2.37. The molecule has 19 heavy (non-hydrogen) atoms. The highest BCUT2D eigenvalue weighted by Gasteiger charge is 2.08. The van der Waals surface area contributed by atoms with Crippen LogP contribution >= 0.6 is 24.0 Å². The average molecular weight is 318 g/mol. The molecule has 0 fully saturated rings. The first-order valence-corrected chi connectivity index (χ1v) is 8.86. The Bertz CT molecular complexity index is 522. The summed E-state index contributed by atoms with van der Waals surface area (Å²) < 4.78 is 23.1. The van der Waals surface area contributed by atoms with E-state index in [1.54, 1.807) is 23.9 Å². The Hall–Kier alpha value is -0.630. The van der Waals surface area contributed by atoms with Crippen molar-refractivity contribution in [2.75, 3.05) is 13.1 Å². The minimum atomic E-state index is -3.61. The van der Waals surface area contributed by atoms with Gasteiger partial charge in [-0.1, -0.05) is 36.1 Å². The van der Waals surface area contributed by atoms with Crippen molar-refractivity contribution in [1.29, 1.82) is 0 Å². The fourth-order valence-corrected chi connectivity index (χ4v) is 3.37. The van der Waals surface area contributed by atoms with Crippen molar-refractivity contribution >= 4 is 38.3 Å². The van der Waals surface area contributed by atoms with E-state index in [4.69, 9.17) is 17.4 Å². The van der Waals surface area contributed by atoms with Crippen LogP contribution in [0.2, 0.25) is 0 Å². The first kappa shape index (κ1) is 16.4. The van der Waals surface area contributed by atoms with Gasteiger partial charge in [-0.25, -0.2) is 13.6 Å². The van der Waals surface area contributed by atoms with Crippen LogP contribution in [0.25, 0.3) is 0 Å². The summed E-state index contributed by atoms with van der Waals surface area (Å²) in [4.78, 5) is 2.24. The molecule has 0 aliphatic rings. The monoisotopic (exact) mass is 318 g/mol. The predicted octanol–water partition coefficient (Wildman–Crippen LogP) is 2.19. The lowest BCUT2D eigenvalue weighted by Gasteiger charge is -2.20. The van der Waals surface area contributed by atoms with Gasteiger partial charge in [0.05, 0.1) is 4.90 Å². The van der Waals surface area contributed by atoms with E-state index in [-0.39, 0.29) is 4.90 Å². The van der Waals surface area contributed by atoms with Gasteiger partial charge in [0.1, 0.15) is 4.32 Å². The lowest BCUT2D eigenvalue weighted by atomic mass is 10.2. The molecule has 0 radical (unpaired) electrons. The second kappa shape index (κ2) is 7.23. The van der Waals surface area contributed by atoms with Gasteiger partial charge >= 0.3 is 0 Å². The van der Waals surface area contributed by atoms with Crippen molar-refractivity contribution in [3.8, 4) is 0 Å². The van der Waals surface area contributed by atoms with Crippen LogP contribution in [0.3, 0.4) is 0 Å². The molecule has 0 saturated heterocycles. The second-order valence-corrected chi connectivity index (χ2v) is 7.09. The first-order valence-electron chi connectivity index (χ1n) is 5.92. The molecule has 106 valence electrons. The molecule has 0 atom stereocenters. The molecule has 1 aromatic rings. The molecule has 0 bridgehead atoms. The van der Waals surface area contributed by atoms with Crippen LogP contribution < -0.4 is 5.14 Å². The summed E-state index contributed by atoms with van der Waals surface area (Å²) in [5.74, 6) is 0.722. The normalized spacial score (nSPS) is 11.3. The van der Waals surface area contributed by atoms with Crippen molar-refractivity contribution in [3.63, 3.8) is 0 Å². The zero-order valence-electron chi connectivity index (χ0n) is 11.0. The van der Waals surface area contributed by atoms with Gasteiger partial charge in [0.25, 0.3) is 0 Å². The zero-order valence-corrected chi connectivity index (χ0v) is 13.4. The van der Waals surface area contributed by atoms with E-state index in [0.717, 1.165) is 28.7 Å². The van der Waals surface area contributed by atoms with E-state index >= 15 is 0 Å². The third-order valence-electron chi connectivity index (χ3n) is 2.64. The Labute approximate surface area is 124 Å². The number of primary sulfonamides is 1. The largest absolute Gasteiger partial charge is 0.358 e. The standard InChI is InChI=1S/C12H18N2O2S3/c1-3-14(4-2)12(17)18-9-10-5-7-11(8-6-10)19(13,15)16/h5-8H,3-4,9H2,1-2H3,(H2,13,15,16). The van der Waals surface area contributed by atoms with Gasteiger partial charge in [0.2, 0.25) is 10.0 Å². The van der Waals surface area contributed by atoms with Crippen LogP contribution in [0.4, 0.5) is 0 Å². The number of rotatable bonds is 5. The third-order valence-corrected chi connectivity index (χ3v) is 5.16. The molecule has 1 rings (SSSR count). The van der Waals surface area contributed by atoms with Gasteiger partial charge < -0.3 is 4.90 Å². The number of hydrogen-bond donors (Lipinski definition) is 1. The van der Waals surface area contributed by atoms with E-state index < -0.39 is 10.0 Å². The van der Waals surface area contributed by atoms with Gasteiger partial charge in [0.15, 0.2) is 0 Å². The number of nitrogens with two attached hydrogens (primary N) is 1. The number of sulfonamides is 1. The zero-order chi connectivity index (χ0) is 14.5. The molecule has 0 saturated carbocycles. The van der Waals surface area contributed by atoms with E-state index in [1.807, 2.05) is 0 Å². The van der Waals surface area contributed by atoms with Crippen LogP contribution in [-0.4, -0.2) is 30.7 Å². The molecule has 0 heterocycles. The third kappa shape index (κ3) is 5.10. The number of thioether (sulfide) groups is 1.